The largest absolute Gasteiger partial charge is 0.444 e. The minimum atomic E-state index is 0. The summed E-state index contributed by atoms with van der Waals surface area (Å²) in [5, 5.41) is 10.8. The molecule has 0 unspecified atom stereocenters. The van der Waals surface area contributed by atoms with E-state index in [1.165, 1.54) is 11.1 Å². The zero-order valence-electron chi connectivity index (χ0n) is 15.8. The van der Waals surface area contributed by atoms with Crippen molar-refractivity contribution in [3.63, 3.8) is 0 Å². The van der Waals surface area contributed by atoms with Crippen molar-refractivity contribution in [2.45, 2.75) is 33.5 Å². The monoisotopic (exact) mass is 480 g/mol. The molecule has 2 heterocycles. The van der Waals surface area contributed by atoms with Crippen LogP contribution < -0.4 is 10.6 Å². The van der Waals surface area contributed by atoms with Gasteiger partial charge in [-0.3, -0.25) is 9.67 Å². The first-order chi connectivity index (χ1) is 12.6. The van der Waals surface area contributed by atoms with E-state index in [4.69, 9.17) is 4.42 Å². The maximum absolute atomic E-state index is 5.57. The van der Waals surface area contributed by atoms with Crippen LogP contribution in [0.15, 0.2) is 52.1 Å². The summed E-state index contributed by atoms with van der Waals surface area (Å²) in [4.78, 5) is 8.60. The van der Waals surface area contributed by atoms with Gasteiger partial charge in [-0.05, 0) is 31.0 Å². The predicted molar refractivity (Wildman–Crippen MR) is 116 cm³/mol. The van der Waals surface area contributed by atoms with Gasteiger partial charge in [0.05, 0.1) is 18.8 Å². The van der Waals surface area contributed by atoms with Crippen LogP contribution in [0.3, 0.4) is 0 Å². The van der Waals surface area contributed by atoms with Crippen molar-refractivity contribution < 1.29 is 4.42 Å². The maximum Gasteiger partial charge on any atom is 0.214 e. The minimum absolute atomic E-state index is 0. The lowest BCUT2D eigenvalue weighted by Gasteiger charge is -2.11. The summed E-state index contributed by atoms with van der Waals surface area (Å²) in [5.41, 5.74) is 3.31. The molecule has 0 bridgehead atoms. The van der Waals surface area contributed by atoms with Crippen LogP contribution in [0.4, 0.5) is 0 Å². The van der Waals surface area contributed by atoms with Crippen molar-refractivity contribution >= 4 is 29.9 Å². The van der Waals surface area contributed by atoms with Crippen LogP contribution in [-0.2, 0) is 19.6 Å². The average molecular weight is 480 g/mol. The first-order valence-corrected chi connectivity index (χ1v) is 8.56. The van der Waals surface area contributed by atoms with Gasteiger partial charge in [0.25, 0.3) is 0 Å². The van der Waals surface area contributed by atoms with Crippen LogP contribution in [0.25, 0.3) is 0 Å². The molecule has 0 aliphatic heterocycles. The molecule has 0 saturated heterocycles. The highest BCUT2D eigenvalue weighted by atomic mass is 127. The zero-order chi connectivity index (χ0) is 18.4. The fourth-order valence-corrected chi connectivity index (χ4v) is 2.60. The Balaban J connectivity index is 0.00000261. The molecule has 0 atom stereocenters. The van der Waals surface area contributed by atoms with E-state index in [0.717, 1.165) is 18.0 Å². The van der Waals surface area contributed by atoms with E-state index >= 15 is 0 Å². The van der Waals surface area contributed by atoms with Crippen LogP contribution >= 0.6 is 24.0 Å². The van der Waals surface area contributed by atoms with Gasteiger partial charge in [-0.25, -0.2) is 4.98 Å². The number of hydrogen-bond donors (Lipinski definition) is 2. The Morgan fingerprint density at radius 3 is 2.59 bits per heavy atom. The van der Waals surface area contributed by atoms with Gasteiger partial charge < -0.3 is 15.1 Å². The van der Waals surface area contributed by atoms with Gasteiger partial charge in [-0.15, -0.1) is 24.0 Å². The molecule has 3 aromatic rings. The molecule has 2 aromatic heterocycles. The van der Waals surface area contributed by atoms with E-state index in [9.17, 15) is 0 Å². The van der Waals surface area contributed by atoms with E-state index in [0.29, 0.717) is 24.9 Å². The second-order valence-corrected chi connectivity index (χ2v) is 6.05. The van der Waals surface area contributed by atoms with Crippen molar-refractivity contribution in [3.8, 4) is 0 Å². The van der Waals surface area contributed by atoms with Crippen molar-refractivity contribution in [2.24, 2.45) is 4.99 Å². The Morgan fingerprint density at radius 1 is 1.15 bits per heavy atom. The Bertz CT molecular complexity index is 853. The minimum Gasteiger partial charge on any atom is -0.444 e. The van der Waals surface area contributed by atoms with E-state index in [2.05, 4.69) is 50.0 Å². The summed E-state index contributed by atoms with van der Waals surface area (Å²) in [6.45, 7) is 5.78. The number of nitrogens with one attached hydrogen (secondary N) is 2. The Morgan fingerprint density at radius 2 is 1.93 bits per heavy atom. The van der Waals surface area contributed by atoms with Crippen LogP contribution in [0, 0.1) is 13.8 Å². The third-order valence-electron chi connectivity index (χ3n) is 4.06. The van der Waals surface area contributed by atoms with Crippen molar-refractivity contribution in [1.29, 1.82) is 0 Å². The third-order valence-corrected chi connectivity index (χ3v) is 4.06. The molecular weight excluding hydrogens is 455 g/mol. The number of hydrogen-bond acceptors (Lipinski definition) is 4. The van der Waals surface area contributed by atoms with Gasteiger partial charge in [0.15, 0.2) is 5.96 Å². The molecule has 1 aromatic carbocycles. The lowest BCUT2D eigenvalue weighted by atomic mass is 10.1. The first kappa shape index (κ1) is 20.9. The van der Waals surface area contributed by atoms with Gasteiger partial charge in [0.1, 0.15) is 5.76 Å². The highest BCUT2D eigenvalue weighted by Crippen LogP contribution is 2.08. The van der Waals surface area contributed by atoms with Crippen molar-refractivity contribution in [1.82, 2.24) is 25.4 Å². The van der Waals surface area contributed by atoms with Gasteiger partial charge in [-0.1, -0.05) is 24.3 Å². The molecule has 3 rings (SSSR count). The summed E-state index contributed by atoms with van der Waals surface area (Å²) >= 11 is 0. The second-order valence-electron chi connectivity index (χ2n) is 6.05. The fraction of sp³-hybridized carbons (Fsp3) is 0.316. The molecule has 8 heteroatoms. The molecule has 27 heavy (non-hydrogen) atoms. The molecule has 0 aliphatic carbocycles. The molecule has 0 saturated carbocycles. The summed E-state index contributed by atoms with van der Waals surface area (Å²) in [6.07, 6.45) is 3.75. The molecule has 0 fully saturated rings. The lowest BCUT2D eigenvalue weighted by molar-refractivity contribution is 0.463. The second kappa shape index (κ2) is 10.1. The summed E-state index contributed by atoms with van der Waals surface area (Å²) in [6, 6.07) is 10.4. The number of guanidine groups is 1. The molecule has 0 radical (unpaired) electrons. The van der Waals surface area contributed by atoms with E-state index in [1.807, 2.05) is 30.8 Å². The van der Waals surface area contributed by atoms with Gasteiger partial charge >= 0.3 is 0 Å². The number of halogens is 1. The van der Waals surface area contributed by atoms with Crippen LogP contribution in [0.1, 0.15) is 28.5 Å². The summed E-state index contributed by atoms with van der Waals surface area (Å²) in [7, 11) is 1.75. The van der Waals surface area contributed by atoms with Crippen molar-refractivity contribution in [3.05, 3.63) is 71.2 Å². The van der Waals surface area contributed by atoms with E-state index < -0.39 is 0 Å². The fourth-order valence-electron chi connectivity index (χ4n) is 2.60. The molecule has 0 aliphatic rings. The van der Waals surface area contributed by atoms with E-state index in [-0.39, 0.29) is 24.0 Å². The molecule has 7 nitrogen and oxygen atoms in total. The number of aliphatic imine (C=N–C) groups is 1. The molecule has 0 spiro atoms. The maximum atomic E-state index is 5.57. The third kappa shape index (κ3) is 6.09. The highest BCUT2D eigenvalue weighted by molar-refractivity contribution is 14.0. The van der Waals surface area contributed by atoms with E-state index in [1.54, 1.807) is 13.2 Å². The van der Waals surface area contributed by atoms with Crippen molar-refractivity contribution in [2.75, 3.05) is 7.05 Å². The topological polar surface area (TPSA) is 80.3 Å². The average Bonchev–Trinajstić information content (AvgIpc) is 3.25. The Kier molecular flexibility index (Phi) is 7.83. The Labute approximate surface area is 176 Å². The number of oxazole rings is 1. The first-order valence-electron chi connectivity index (χ1n) is 8.56. The molecule has 2 N–H and O–H groups in total. The summed E-state index contributed by atoms with van der Waals surface area (Å²) in [5.74, 6) is 2.21. The predicted octanol–water partition coefficient (Wildman–Crippen LogP) is 3.02. The SMILES string of the molecule is CN=C(NCc1cccc(Cn2cccn2)c1)NCc1nc(C)c(C)o1.I. The standard InChI is InChI=1S/C19H24N6O.HI/c1-14-15(2)26-18(24-14)12-22-19(20-3)21-11-16-6-4-7-17(10-16)13-25-9-5-8-23-25;/h4-10H,11-13H2,1-3H3,(H2,20,21,22);1H. The van der Waals surface area contributed by atoms with Crippen LogP contribution in [0.5, 0.6) is 0 Å². The zero-order valence-corrected chi connectivity index (χ0v) is 18.1. The normalized spacial score (nSPS) is 11.1. The van der Waals surface area contributed by atoms with Gasteiger partial charge in [0.2, 0.25) is 5.89 Å². The number of rotatable bonds is 6. The molecular formula is C19H25IN6O. The van der Waals surface area contributed by atoms with Gasteiger partial charge in [0, 0.05) is 26.0 Å². The van der Waals surface area contributed by atoms with Crippen LogP contribution in [-0.4, -0.2) is 27.8 Å². The Hall–Kier alpha value is -2.36. The molecule has 0 amide bonds. The van der Waals surface area contributed by atoms with Gasteiger partial charge in [-0.2, -0.15) is 5.10 Å². The lowest BCUT2D eigenvalue weighted by Crippen LogP contribution is -2.36. The number of aryl methyl sites for hydroxylation is 2. The quantitative estimate of drug-likeness (QED) is 0.322. The summed E-state index contributed by atoms with van der Waals surface area (Å²) < 4.78 is 7.48. The smallest absolute Gasteiger partial charge is 0.214 e. The number of nitrogens with zero attached hydrogens (tertiary/aromatic N) is 4. The highest BCUT2D eigenvalue weighted by Gasteiger charge is 2.06. The molecule has 144 valence electrons. The number of aromatic nitrogens is 3. The number of benzene rings is 1. The van der Waals surface area contributed by atoms with Crippen LogP contribution in [0.2, 0.25) is 0 Å².